The fourth-order valence-electron chi connectivity index (χ4n) is 1.09. The fourth-order valence-corrected chi connectivity index (χ4v) is 1.09. The first-order valence-electron chi connectivity index (χ1n) is 4.89. The lowest BCUT2D eigenvalue weighted by molar-refractivity contribution is -0.178. The Bertz CT molecular complexity index is 324. The van der Waals surface area contributed by atoms with Crippen LogP contribution in [0.4, 0.5) is 13.2 Å². The Balaban J connectivity index is 2.49. The molecule has 0 saturated heterocycles. The molecule has 0 aromatic carbocycles. The fraction of sp³-hybridized carbons (Fsp3) is 0.667. The summed E-state index contributed by atoms with van der Waals surface area (Å²) >= 11 is 0. The molecule has 0 bridgehead atoms. The van der Waals surface area contributed by atoms with Gasteiger partial charge in [0, 0.05) is 13.1 Å². The molecule has 1 atom stereocenters. The number of aryl methyl sites for hydroxylation is 1. The highest BCUT2D eigenvalue weighted by molar-refractivity contribution is 5.11. The summed E-state index contributed by atoms with van der Waals surface area (Å²) in [6.07, 6.45) is -1.40. The molecule has 1 unspecified atom stereocenters. The highest BCUT2D eigenvalue weighted by atomic mass is 19.4. The molecule has 0 amide bonds. The molecule has 7 heteroatoms. The average molecular weight is 237 g/mol. The first-order chi connectivity index (χ1) is 7.47. The monoisotopic (exact) mass is 237 g/mol. The third kappa shape index (κ3) is 3.41. The quantitative estimate of drug-likeness (QED) is 0.842. The summed E-state index contributed by atoms with van der Waals surface area (Å²) in [7, 11) is 0. The van der Waals surface area contributed by atoms with Gasteiger partial charge in [0.2, 0.25) is 0 Å². The maximum atomic E-state index is 12.3. The summed E-state index contributed by atoms with van der Waals surface area (Å²) in [6.45, 7) is 1.55. The molecule has 1 aromatic rings. The van der Waals surface area contributed by atoms with Gasteiger partial charge in [-0.2, -0.15) is 18.3 Å². The van der Waals surface area contributed by atoms with Gasteiger partial charge >= 0.3 is 6.18 Å². The van der Waals surface area contributed by atoms with Gasteiger partial charge in [-0.1, -0.05) is 0 Å². The van der Waals surface area contributed by atoms with E-state index in [4.69, 9.17) is 10.5 Å². The van der Waals surface area contributed by atoms with Crippen LogP contribution in [0.3, 0.4) is 0 Å². The van der Waals surface area contributed by atoms with Crippen molar-refractivity contribution < 1.29 is 17.9 Å². The van der Waals surface area contributed by atoms with Crippen LogP contribution in [-0.4, -0.2) is 29.1 Å². The molecule has 2 N–H and O–H groups in total. The molecule has 0 aliphatic carbocycles. The maximum absolute atomic E-state index is 12.3. The zero-order valence-corrected chi connectivity index (χ0v) is 8.87. The molecular formula is C9H14F3N3O. The van der Waals surface area contributed by atoms with Gasteiger partial charge in [0.1, 0.15) is 12.5 Å². The van der Waals surface area contributed by atoms with E-state index < -0.39 is 25.2 Å². The van der Waals surface area contributed by atoms with Gasteiger partial charge in [0.05, 0.1) is 12.4 Å². The van der Waals surface area contributed by atoms with Crippen molar-refractivity contribution in [3.63, 3.8) is 0 Å². The number of halogens is 3. The van der Waals surface area contributed by atoms with Crippen LogP contribution in [0, 0.1) is 5.92 Å². The van der Waals surface area contributed by atoms with Crippen LogP contribution >= 0.6 is 0 Å². The molecule has 0 spiro atoms. The van der Waals surface area contributed by atoms with Crippen molar-refractivity contribution in [3.05, 3.63) is 12.4 Å². The van der Waals surface area contributed by atoms with Crippen LogP contribution in [0.5, 0.6) is 5.75 Å². The third-order valence-corrected chi connectivity index (χ3v) is 2.13. The third-order valence-electron chi connectivity index (χ3n) is 2.13. The largest absolute Gasteiger partial charge is 0.490 e. The second-order valence-corrected chi connectivity index (χ2v) is 3.32. The molecule has 0 radical (unpaired) electrons. The Morgan fingerprint density at radius 2 is 2.25 bits per heavy atom. The van der Waals surface area contributed by atoms with E-state index in [1.807, 2.05) is 6.92 Å². The lowest BCUT2D eigenvalue weighted by Gasteiger charge is -2.17. The van der Waals surface area contributed by atoms with Crippen LogP contribution in [-0.2, 0) is 6.54 Å². The highest BCUT2D eigenvalue weighted by Crippen LogP contribution is 2.26. The smallest absolute Gasteiger partial charge is 0.396 e. The molecule has 0 saturated carbocycles. The molecular weight excluding hydrogens is 223 g/mol. The Hall–Kier alpha value is -1.24. The van der Waals surface area contributed by atoms with Crippen molar-refractivity contribution in [1.82, 2.24) is 9.78 Å². The second-order valence-electron chi connectivity index (χ2n) is 3.32. The molecule has 0 aliphatic heterocycles. The molecule has 4 nitrogen and oxygen atoms in total. The van der Waals surface area contributed by atoms with E-state index in [1.54, 1.807) is 10.9 Å². The summed E-state index contributed by atoms with van der Waals surface area (Å²) < 4.78 is 43.5. The van der Waals surface area contributed by atoms with Gasteiger partial charge in [-0.3, -0.25) is 4.68 Å². The van der Waals surface area contributed by atoms with E-state index in [0.717, 1.165) is 0 Å². The van der Waals surface area contributed by atoms with Crippen LogP contribution in [0.25, 0.3) is 0 Å². The number of hydrogen-bond acceptors (Lipinski definition) is 3. The minimum atomic E-state index is -4.32. The zero-order valence-electron chi connectivity index (χ0n) is 8.87. The topological polar surface area (TPSA) is 53.1 Å². The summed E-state index contributed by atoms with van der Waals surface area (Å²) in [4.78, 5) is 0. The van der Waals surface area contributed by atoms with Gasteiger partial charge in [0.25, 0.3) is 0 Å². The lowest BCUT2D eigenvalue weighted by Crippen LogP contribution is -2.34. The van der Waals surface area contributed by atoms with E-state index in [1.165, 1.54) is 6.20 Å². The van der Waals surface area contributed by atoms with E-state index >= 15 is 0 Å². The Morgan fingerprint density at radius 3 is 2.69 bits per heavy atom. The van der Waals surface area contributed by atoms with Crippen molar-refractivity contribution in [2.24, 2.45) is 11.7 Å². The summed E-state index contributed by atoms with van der Waals surface area (Å²) in [5.74, 6) is -1.32. The predicted octanol–water partition coefficient (Wildman–Crippen LogP) is 1.42. The molecule has 1 heterocycles. The number of aromatic nitrogens is 2. The first kappa shape index (κ1) is 12.8. The molecule has 1 aromatic heterocycles. The van der Waals surface area contributed by atoms with Crippen LogP contribution in [0.2, 0.25) is 0 Å². The van der Waals surface area contributed by atoms with Gasteiger partial charge < -0.3 is 10.5 Å². The van der Waals surface area contributed by atoms with Crippen molar-refractivity contribution in [3.8, 4) is 5.75 Å². The minimum absolute atomic E-state index is 0.324. The van der Waals surface area contributed by atoms with Gasteiger partial charge in [-0.15, -0.1) is 0 Å². The first-order valence-corrected chi connectivity index (χ1v) is 4.89. The van der Waals surface area contributed by atoms with Crippen LogP contribution in [0.15, 0.2) is 12.4 Å². The van der Waals surface area contributed by atoms with Gasteiger partial charge in [-0.25, -0.2) is 0 Å². The zero-order chi connectivity index (χ0) is 12.2. The van der Waals surface area contributed by atoms with E-state index in [2.05, 4.69) is 5.10 Å². The SMILES string of the molecule is CCn1cc(OCC(CN)C(F)(F)F)cn1. The van der Waals surface area contributed by atoms with Crippen molar-refractivity contribution in [2.75, 3.05) is 13.2 Å². The number of rotatable bonds is 5. The Labute approximate surface area is 91.2 Å². The number of ether oxygens (including phenoxy) is 1. The lowest BCUT2D eigenvalue weighted by atomic mass is 10.1. The predicted molar refractivity (Wildman–Crippen MR) is 52.0 cm³/mol. The van der Waals surface area contributed by atoms with Gasteiger partial charge in [0.15, 0.2) is 5.75 Å². The Morgan fingerprint density at radius 1 is 1.56 bits per heavy atom. The Kier molecular flexibility index (Phi) is 4.17. The summed E-state index contributed by atoms with van der Waals surface area (Å²) in [6, 6.07) is 0. The van der Waals surface area contributed by atoms with Crippen LogP contribution in [0.1, 0.15) is 6.92 Å². The molecule has 0 aliphatic rings. The standard InChI is InChI=1S/C9H14F3N3O/c1-2-15-5-8(4-14-15)16-6-7(3-13)9(10,11)12/h4-5,7H,2-3,6,13H2,1H3. The molecule has 0 fully saturated rings. The number of nitrogens with zero attached hydrogens (tertiary/aromatic N) is 2. The average Bonchev–Trinajstić information content (AvgIpc) is 2.64. The van der Waals surface area contributed by atoms with E-state index in [-0.39, 0.29) is 0 Å². The van der Waals surface area contributed by atoms with Gasteiger partial charge in [-0.05, 0) is 6.92 Å². The number of hydrogen-bond donors (Lipinski definition) is 1. The van der Waals surface area contributed by atoms with Crippen LogP contribution < -0.4 is 10.5 Å². The minimum Gasteiger partial charge on any atom is -0.490 e. The molecule has 16 heavy (non-hydrogen) atoms. The second kappa shape index (κ2) is 5.20. The summed E-state index contributed by atoms with van der Waals surface area (Å²) in [5, 5.41) is 3.88. The normalized spacial score (nSPS) is 13.8. The number of alkyl halides is 3. The van der Waals surface area contributed by atoms with Crippen molar-refractivity contribution in [1.29, 1.82) is 0 Å². The highest BCUT2D eigenvalue weighted by Gasteiger charge is 2.39. The number of nitrogens with two attached hydrogens (primary N) is 1. The van der Waals surface area contributed by atoms with Crippen molar-refractivity contribution >= 4 is 0 Å². The molecule has 92 valence electrons. The van der Waals surface area contributed by atoms with E-state index in [9.17, 15) is 13.2 Å². The summed E-state index contributed by atoms with van der Waals surface area (Å²) in [5.41, 5.74) is 5.03. The van der Waals surface area contributed by atoms with E-state index in [0.29, 0.717) is 12.3 Å². The van der Waals surface area contributed by atoms with Crippen molar-refractivity contribution in [2.45, 2.75) is 19.6 Å². The maximum Gasteiger partial charge on any atom is 0.396 e. The molecule has 1 rings (SSSR count).